The first kappa shape index (κ1) is 16.2. The van der Waals surface area contributed by atoms with Gasteiger partial charge in [0.15, 0.2) is 0 Å². The van der Waals surface area contributed by atoms with Crippen molar-refractivity contribution in [2.45, 2.75) is 13.1 Å². The molecular formula is C14H7F3N3O3-. The van der Waals surface area contributed by atoms with Crippen LogP contribution < -0.4 is 10.7 Å². The highest BCUT2D eigenvalue weighted by molar-refractivity contribution is 5.85. The number of aromatic nitrogens is 2. The molecule has 1 aromatic carbocycles. The highest BCUT2D eigenvalue weighted by Gasteiger charge is 2.30. The van der Waals surface area contributed by atoms with Crippen molar-refractivity contribution in [3.05, 3.63) is 57.0 Å². The summed E-state index contributed by atoms with van der Waals surface area (Å²) in [4.78, 5) is 23.2. The molecule has 0 radical (unpaired) electrons. The molecule has 0 unspecified atom stereocenters. The van der Waals surface area contributed by atoms with Crippen molar-refractivity contribution in [1.82, 2.24) is 9.78 Å². The first-order chi connectivity index (χ1) is 10.7. The largest absolute Gasteiger partial charge is 0.543 e. The molecule has 0 aliphatic heterocycles. The van der Waals surface area contributed by atoms with Crippen LogP contribution in [0.2, 0.25) is 0 Å². The van der Waals surface area contributed by atoms with Crippen molar-refractivity contribution in [3.8, 4) is 11.8 Å². The minimum Gasteiger partial charge on any atom is -0.543 e. The zero-order valence-corrected chi connectivity index (χ0v) is 11.5. The normalized spacial score (nSPS) is 11.1. The fourth-order valence-electron chi connectivity index (χ4n) is 1.92. The van der Waals surface area contributed by atoms with E-state index in [9.17, 15) is 27.9 Å². The van der Waals surface area contributed by atoms with Crippen molar-refractivity contribution >= 4 is 5.97 Å². The summed E-state index contributed by atoms with van der Waals surface area (Å²) >= 11 is 0. The number of carbonyl (C=O) groups is 1. The summed E-state index contributed by atoms with van der Waals surface area (Å²) in [6.07, 6.45) is -4.65. The SMILES string of the molecule is Cc1c(C(=O)[O-])nn(-c2cccc(C(F)(F)F)c2)c(=O)c1C#N. The number of halogens is 3. The number of carboxylic acids is 1. The summed E-state index contributed by atoms with van der Waals surface area (Å²) in [5, 5.41) is 23.5. The van der Waals surface area contributed by atoms with Crippen LogP contribution in [0.15, 0.2) is 29.1 Å². The molecule has 118 valence electrons. The van der Waals surface area contributed by atoms with E-state index in [0.29, 0.717) is 10.7 Å². The Hall–Kier alpha value is -3.15. The molecule has 0 amide bonds. The second-order valence-electron chi connectivity index (χ2n) is 4.51. The Kier molecular flexibility index (Phi) is 3.93. The topological polar surface area (TPSA) is 98.8 Å². The van der Waals surface area contributed by atoms with Crippen LogP contribution in [0.4, 0.5) is 13.2 Å². The lowest BCUT2D eigenvalue weighted by molar-refractivity contribution is -0.255. The summed E-state index contributed by atoms with van der Waals surface area (Å²) in [5.74, 6) is -1.75. The number of aromatic carboxylic acids is 1. The number of alkyl halides is 3. The monoisotopic (exact) mass is 322 g/mol. The molecule has 9 heteroatoms. The molecule has 0 spiro atoms. The van der Waals surface area contributed by atoms with E-state index in [-0.39, 0.29) is 11.3 Å². The number of carbonyl (C=O) groups excluding carboxylic acids is 1. The molecular weight excluding hydrogens is 315 g/mol. The number of nitriles is 1. The number of nitrogens with zero attached hydrogens (tertiary/aromatic N) is 3. The maximum absolute atomic E-state index is 12.7. The molecule has 2 rings (SSSR count). The van der Waals surface area contributed by atoms with E-state index in [1.165, 1.54) is 13.0 Å². The van der Waals surface area contributed by atoms with E-state index < -0.39 is 34.5 Å². The van der Waals surface area contributed by atoms with Crippen molar-refractivity contribution < 1.29 is 23.1 Å². The number of hydrogen-bond acceptors (Lipinski definition) is 5. The number of carboxylic acid groups (broad SMARTS) is 1. The molecule has 0 atom stereocenters. The smallest absolute Gasteiger partial charge is 0.416 e. The van der Waals surface area contributed by atoms with Gasteiger partial charge in [-0.15, -0.1) is 0 Å². The lowest BCUT2D eigenvalue weighted by Gasteiger charge is -2.13. The Labute approximate surface area is 127 Å². The molecule has 0 bridgehead atoms. The zero-order valence-electron chi connectivity index (χ0n) is 11.5. The summed E-state index contributed by atoms with van der Waals surface area (Å²) < 4.78 is 38.6. The number of benzene rings is 1. The summed E-state index contributed by atoms with van der Waals surface area (Å²) in [7, 11) is 0. The van der Waals surface area contributed by atoms with Gasteiger partial charge in [-0.25, -0.2) is 0 Å². The number of hydrogen-bond donors (Lipinski definition) is 0. The molecule has 6 nitrogen and oxygen atoms in total. The first-order valence-corrected chi connectivity index (χ1v) is 6.10. The molecule has 0 saturated heterocycles. The Balaban J connectivity index is 2.80. The zero-order chi connectivity index (χ0) is 17.4. The van der Waals surface area contributed by atoms with Gasteiger partial charge < -0.3 is 9.90 Å². The van der Waals surface area contributed by atoms with E-state index in [1.807, 2.05) is 0 Å². The molecule has 2 aromatic rings. The van der Waals surface area contributed by atoms with Gasteiger partial charge in [0.1, 0.15) is 17.3 Å². The lowest BCUT2D eigenvalue weighted by atomic mass is 10.1. The van der Waals surface area contributed by atoms with Crippen molar-refractivity contribution in [1.29, 1.82) is 5.26 Å². The van der Waals surface area contributed by atoms with Gasteiger partial charge in [0, 0.05) is 5.56 Å². The second-order valence-corrected chi connectivity index (χ2v) is 4.51. The molecule has 0 N–H and O–H groups in total. The van der Waals surface area contributed by atoms with E-state index in [4.69, 9.17) is 5.26 Å². The highest BCUT2D eigenvalue weighted by Crippen LogP contribution is 2.30. The third kappa shape index (κ3) is 2.91. The van der Waals surface area contributed by atoms with Crippen molar-refractivity contribution in [2.75, 3.05) is 0 Å². The van der Waals surface area contributed by atoms with Gasteiger partial charge >= 0.3 is 6.18 Å². The summed E-state index contributed by atoms with van der Waals surface area (Å²) in [5.41, 5.74) is -3.81. The van der Waals surface area contributed by atoms with Gasteiger partial charge in [-0.2, -0.15) is 28.2 Å². The van der Waals surface area contributed by atoms with Crippen LogP contribution in [-0.2, 0) is 6.18 Å². The molecule has 0 aliphatic carbocycles. The van der Waals surface area contributed by atoms with Crippen LogP contribution in [0, 0.1) is 18.3 Å². The predicted molar refractivity (Wildman–Crippen MR) is 68.6 cm³/mol. The third-order valence-electron chi connectivity index (χ3n) is 3.06. The van der Waals surface area contributed by atoms with Crippen LogP contribution in [0.3, 0.4) is 0 Å². The summed E-state index contributed by atoms with van der Waals surface area (Å²) in [6, 6.07) is 5.12. The van der Waals surface area contributed by atoms with E-state index in [2.05, 4.69) is 5.10 Å². The summed E-state index contributed by atoms with van der Waals surface area (Å²) in [6.45, 7) is 1.19. The van der Waals surface area contributed by atoms with Gasteiger partial charge in [0.2, 0.25) is 0 Å². The van der Waals surface area contributed by atoms with Crippen LogP contribution in [0.25, 0.3) is 5.69 Å². The van der Waals surface area contributed by atoms with E-state index >= 15 is 0 Å². The van der Waals surface area contributed by atoms with Gasteiger partial charge in [-0.3, -0.25) is 4.79 Å². The molecule has 1 heterocycles. The van der Waals surface area contributed by atoms with Gasteiger partial charge in [0.25, 0.3) is 5.56 Å². The molecule has 23 heavy (non-hydrogen) atoms. The maximum Gasteiger partial charge on any atom is 0.416 e. The average Bonchev–Trinajstić information content (AvgIpc) is 2.47. The van der Waals surface area contributed by atoms with Crippen LogP contribution in [0.1, 0.15) is 27.2 Å². The Bertz CT molecular complexity index is 895. The van der Waals surface area contributed by atoms with Gasteiger partial charge in [-0.1, -0.05) is 6.07 Å². The van der Waals surface area contributed by atoms with E-state index in [1.54, 1.807) is 0 Å². The fourth-order valence-corrected chi connectivity index (χ4v) is 1.92. The van der Waals surface area contributed by atoms with Crippen LogP contribution in [-0.4, -0.2) is 15.7 Å². The van der Waals surface area contributed by atoms with Crippen molar-refractivity contribution in [2.24, 2.45) is 0 Å². The quantitative estimate of drug-likeness (QED) is 0.814. The maximum atomic E-state index is 12.7. The van der Waals surface area contributed by atoms with Crippen LogP contribution in [0.5, 0.6) is 0 Å². The standard InChI is InChI=1S/C14H8F3N3O3/c1-7-10(6-18)12(21)20(19-11(7)13(22)23)9-4-2-3-8(5-9)14(15,16)17/h2-5H,1H3,(H,22,23)/p-1. The highest BCUT2D eigenvalue weighted by atomic mass is 19.4. The average molecular weight is 322 g/mol. The van der Waals surface area contributed by atoms with Gasteiger partial charge in [-0.05, 0) is 25.1 Å². The second kappa shape index (κ2) is 5.57. The van der Waals surface area contributed by atoms with E-state index in [0.717, 1.165) is 18.2 Å². The minimum absolute atomic E-state index is 0.208. The van der Waals surface area contributed by atoms with Gasteiger partial charge in [0.05, 0.1) is 17.2 Å². The third-order valence-corrected chi connectivity index (χ3v) is 3.06. The lowest BCUT2D eigenvalue weighted by Crippen LogP contribution is -2.33. The molecule has 0 saturated carbocycles. The first-order valence-electron chi connectivity index (χ1n) is 6.10. The Morgan fingerprint density at radius 3 is 2.57 bits per heavy atom. The Morgan fingerprint density at radius 2 is 2.04 bits per heavy atom. The fraction of sp³-hybridized carbons (Fsp3) is 0.143. The molecule has 0 aliphatic rings. The predicted octanol–water partition coefficient (Wildman–Crippen LogP) is 0.795. The number of rotatable bonds is 2. The molecule has 1 aromatic heterocycles. The minimum atomic E-state index is -4.65. The molecule has 0 fully saturated rings. The van der Waals surface area contributed by atoms with Crippen molar-refractivity contribution in [3.63, 3.8) is 0 Å². The Morgan fingerprint density at radius 1 is 1.39 bits per heavy atom. The van der Waals surface area contributed by atoms with Crippen LogP contribution >= 0.6 is 0 Å².